The molecule has 0 aromatic heterocycles. The summed E-state index contributed by atoms with van der Waals surface area (Å²) in [5.41, 5.74) is 1.36. The molecule has 2 aliphatic heterocycles. The molecule has 0 atom stereocenters. The fourth-order valence-electron chi connectivity index (χ4n) is 4.17. The molecule has 2 heterocycles. The lowest BCUT2D eigenvalue weighted by Crippen LogP contribution is -2.52. The summed E-state index contributed by atoms with van der Waals surface area (Å²) >= 11 is 6.29. The van der Waals surface area contributed by atoms with Crippen LogP contribution in [-0.4, -0.2) is 37.2 Å². The van der Waals surface area contributed by atoms with Crippen LogP contribution in [0.5, 0.6) is 5.75 Å². The number of hydrogen-bond acceptors (Lipinski definition) is 4. The maximum Gasteiger partial charge on any atom is 0.243 e. The molecular weight excluding hydrogens is 417 g/mol. The Bertz CT molecular complexity index is 1090. The third kappa shape index (κ3) is 3.45. The molecule has 0 bridgehead atoms. The fourth-order valence-corrected chi connectivity index (χ4v) is 5.76. The molecular formula is C21H21ClFNO4S. The van der Waals surface area contributed by atoms with Crippen molar-refractivity contribution in [3.8, 4) is 5.75 Å². The summed E-state index contributed by atoms with van der Waals surface area (Å²) < 4.78 is 46.5. The highest BCUT2D eigenvalue weighted by atomic mass is 35.5. The van der Waals surface area contributed by atoms with Crippen LogP contribution in [0, 0.1) is 19.7 Å². The zero-order chi connectivity index (χ0) is 21.0. The van der Waals surface area contributed by atoms with Gasteiger partial charge in [0.2, 0.25) is 10.0 Å². The molecule has 0 radical (unpaired) electrons. The number of fused-ring (bicyclic) bond motifs is 1. The summed E-state index contributed by atoms with van der Waals surface area (Å²) in [6.07, 6.45) is 1.00. The van der Waals surface area contributed by atoms with Gasteiger partial charge in [0.05, 0.1) is 16.9 Å². The highest BCUT2D eigenvalue weighted by molar-refractivity contribution is 7.89. The Labute approximate surface area is 174 Å². The lowest BCUT2D eigenvalue weighted by molar-refractivity contribution is 0.00578. The summed E-state index contributed by atoms with van der Waals surface area (Å²) in [4.78, 5) is 12.9. The van der Waals surface area contributed by atoms with Crippen LogP contribution >= 0.6 is 11.6 Å². The molecule has 154 valence electrons. The SMILES string of the molecule is Cc1cc2c(c(C)c1Cl)C(=O)CC1(CCN(S(=O)(=O)c3ccc(F)cc3)CC1)O2. The quantitative estimate of drug-likeness (QED) is 0.703. The van der Waals surface area contributed by atoms with Gasteiger partial charge in [-0.05, 0) is 55.3 Å². The van der Waals surface area contributed by atoms with E-state index in [0.29, 0.717) is 29.2 Å². The minimum Gasteiger partial charge on any atom is -0.486 e. The van der Waals surface area contributed by atoms with Crippen molar-refractivity contribution in [3.63, 3.8) is 0 Å². The molecule has 0 aliphatic carbocycles. The van der Waals surface area contributed by atoms with Crippen LogP contribution in [0.1, 0.15) is 40.7 Å². The topological polar surface area (TPSA) is 63.7 Å². The molecule has 1 fully saturated rings. The number of nitrogens with zero attached hydrogens (tertiary/aromatic N) is 1. The molecule has 2 aliphatic rings. The predicted molar refractivity (Wildman–Crippen MR) is 108 cm³/mol. The van der Waals surface area contributed by atoms with E-state index in [0.717, 1.165) is 23.3 Å². The number of piperidine rings is 1. The van der Waals surface area contributed by atoms with Crippen LogP contribution in [0.4, 0.5) is 4.39 Å². The number of halogens is 2. The second kappa shape index (κ2) is 7.07. The van der Waals surface area contributed by atoms with Gasteiger partial charge in [-0.1, -0.05) is 11.6 Å². The standard InChI is InChI=1S/C21H21ClFNO4S/c1-13-11-18-19(14(2)20(13)22)17(25)12-21(28-18)7-9-24(10-8-21)29(26,27)16-5-3-15(23)4-6-16/h3-6,11H,7-10,12H2,1-2H3. The van der Waals surface area contributed by atoms with Crippen molar-refractivity contribution in [3.05, 3.63) is 57.9 Å². The lowest BCUT2D eigenvalue weighted by Gasteiger charge is -2.43. The van der Waals surface area contributed by atoms with Crippen molar-refractivity contribution in [2.45, 2.75) is 43.6 Å². The van der Waals surface area contributed by atoms with Gasteiger partial charge in [-0.25, -0.2) is 12.8 Å². The van der Waals surface area contributed by atoms with Crippen molar-refractivity contribution < 1.29 is 22.3 Å². The Balaban J connectivity index is 1.57. The third-order valence-corrected chi connectivity index (χ3v) is 8.31. The molecule has 4 rings (SSSR count). The maximum atomic E-state index is 13.1. The molecule has 1 saturated heterocycles. The molecule has 8 heteroatoms. The summed E-state index contributed by atoms with van der Waals surface area (Å²) in [6.45, 7) is 4.13. The van der Waals surface area contributed by atoms with Gasteiger partial charge in [-0.2, -0.15) is 4.31 Å². The molecule has 0 amide bonds. The normalized spacial score (nSPS) is 19.1. The Morgan fingerprint density at radius 2 is 1.76 bits per heavy atom. The first-order chi connectivity index (χ1) is 13.6. The largest absolute Gasteiger partial charge is 0.486 e. The smallest absolute Gasteiger partial charge is 0.243 e. The van der Waals surface area contributed by atoms with E-state index in [9.17, 15) is 17.6 Å². The molecule has 2 aromatic carbocycles. The van der Waals surface area contributed by atoms with Crippen molar-refractivity contribution >= 4 is 27.4 Å². The average molecular weight is 438 g/mol. The van der Waals surface area contributed by atoms with Gasteiger partial charge < -0.3 is 4.74 Å². The number of hydrogen-bond donors (Lipinski definition) is 0. The van der Waals surface area contributed by atoms with Gasteiger partial charge in [-0.15, -0.1) is 0 Å². The minimum absolute atomic E-state index is 0.0273. The molecule has 29 heavy (non-hydrogen) atoms. The van der Waals surface area contributed by atoms with Gasteiger partial charge in [0.25, 0.3) is 0 Å². The van der Waals surface area contributed by atoms with E-state index in [2.05, 4.69) is 0 Å². The van der Waals surface area contributed by atoms with E-state index in [-0.39, 0.29) is 30.2 Å². The van der Waals surface area contributed by atoms with Crippen molar-refractivity contribution in [1.29, 1.82) is 0 Å². The Hall–Kier alpha value is -1.96. The van der Waals surface area contributed by atoms with Gasteiger partial charge in [0.1, 0.15) is 17.2 Å². The van der Waals surface area contributed by atoms with Crippen molar-refractivity contribution in [2.24, 2.45) is 0 Å². The van der Waals surface area contributed by atoms with Crippen LogP contribution < -0.4 is 4.74 Å². The van der Waals surface area contributed by atoms with Crippen LogP contribution in [-0.2, 0) is 10.0 Å². The first-order valence-electron chi connectivity index (χ1n) is 9.41. The van der Waals surface area contributed by atoms with E-state index < -0.39 is 21.4 Å². The van der Waals surface area contributed by atoms with E-state index in [4.69, 9.17) is 16.3 Å². The molecule has 0 unspecified atom stereocenters. The van der Waals surface area contributed by atoms with Gasteiger partial charge in [0, 0.05) is 31.0 Å². The monoisotopic (exact) mass is 437 g/mol. The highest BCUT2D eigenvalue weighted by Gasteiger charge is 2.45. The first kappa shape index (κ1) is 20.3. The van der Waals surface area contributed by atoms with Crippen molar-refractivity contribution in [2.75, 3.05) is 13.1 Å². The number of ketones is 1. The molecule has 1 spiro atoms. The fraction of sp³-hybridized carbons (Fsp3) is 0.381. The van der Waals surface area contributed by atoms with Crippen LogP contribution in [0.3, 0.4) is 0 Å². The first-order valence-corrected chi connectivity index (χ1v) is 11.2. The summed E-state index contributed by atoms with van der Waals surface area (Å²) in [5, 5.41) is 0.567. The zero-order valence-electron chi connectivity index (χ0n) is 16.2. The number of Topliss-reactive ketones (excluding diaryl/α,β-unsaturated/α-hetero) is 1. The number of carbonyl (C=O) groups is 1. The number of carbonyl (C=O) groups excluding carboxylic acids is 1. The summed E-state index contributed by atoms with van der Waals surface area (Å²) in [5.74, 6) is 0.0102. The molecule has 0 N–H and O–H groups in total. The van der Waals surface area contributed by atoms with Crippen LogP contribution in [0.15, 0.2) is 35.2 Å². The van der Waals surface area contributed by atoms with E-state index >= 15 is 0 Å². The van der Waals surface area contributed by atoms with Gasteiger partial charge in [0.15, 0.2) is 5.78 Å². The highest BCUT2D eigenvalue weighted by Crippen LogP contribution is 2.43. The van der Waals surface area contributed by atoms with E-state index in [1.54, 1.807) is 6.07 Å². The third-order valence-electron chi connectivity index (χ3n) is 5.82. The van der Waals surface area contributed by atoms with E-state index in [1.807, 2.05) is 13.8 Å². The van der Waals surface area contributed by atoms with Crippen molar-refractivity contribution in [1.82, 2.24) is 4.31 Å². The molecule has 0 saturated carbocycles. The Morgan fingerprint density at radius 3 is 2.38 bits per heavy atom. The Kier molecular flexibility index (Phi) is 4.96. The van der Waals surface area contributed by atoms with Gasteiger partial charge >= 0.3 is 0 Å². The number of aryl methyl sites for hydroxylation is 1. The van der Waals surface area contributed by atoms with E-state index in [1.165, 1.54) is 16.4 Å². The molecule has 2 aromatic rings. The Morgan fingerprint density at radius 1 is 1.14 bits per heavy atom. The minimum atomic E-state index is -3.72. The number of rotatable bonds is 2. The maximum absolute atomic E-state index is 13.1. The number of benzene rings is 2. The lowest BCUT2D eigenvalue weighted by atomic mass is 9.82. The van der Waals surface area contributed by atoms with Gasteiger partial charge in [-0.3, -0.25) is 4.79 Å². The number of ether oxygens (including phenoxy) is 1. The second-order valence-corrected chi connectivity index (χ2v) is 10.1. The second-order valence-electron chi connectivity index (χ2n) is 7.75. The average Bonchev–Trinajstić information content (AvgIpc) is 2.66. The van der Waals surface area contributed by atoms with Crippen LogP contribution in [0.2, 0.25) is 5.02 Å². The van der Waals surface area contributed by atoms with Crippen LogP contribution in [0.25, 0.3) is 0 Å². The zero-order valence-corrected chi connectivity index (χ0v) is 17.7. The predicted octanol–water partition coefficient (Wildman–Crippen LogP) is 4.28. The summed E-state index contributed by atoms with van der Waals surface area (Å²) in [6, 6.07) is 6.58. The number of sulfonamides is 1. The summed E-state index contributed by atoms with van der Waals surface area (Å²) in [7, 11) is -3.72. The molecule has 5 nitrogen and oxygen atoms in total.